The molecule has 4 heteroatoms. The van der Waals surface area contributed by atoms with Gasteiger partial charge in [0.1, 0.15) is 0 Å². The van der Waals surface area contributed by atoms with Crippen LogP contribution in [0.1, 0.15) is 37.3 Å². The first-order chi connectivity index (χ1) is 8.05. The van der Waals surface area contributed by atoms with Crippen LogP contribution in [0.3, 0.4) is 0 Å². The van der Waals surface area contributed by atoms with Crippen LogP contribution in [0, 0.1) is 12.3 Å². The quantitative estimate of drug-likeness (QED) is 0.728. The summed E-state index contributed by atoms with van der Waals surface area (Å²) in [6.07, 6.45) is 3.20. The van der Waals surface area contributed by atoms with Crippen LogP contribution in [0.4, 0.5) is 0 Å². The molecule has 0 aliphatic heterocycles. The van der Waals surface area contributed by atoms with E-state index in [-0.39, 0.29) is 5.41 Å². The molecule has 0 amide bonds. The highest BCUT2D eigenvalue weighted by Crippen LogP contribution is 2.20. The van der Waals surface area contributed by atoms with E-state index in [2.05, 4.69) is 25.8 Å². The normalized spacial score (nSPS) is 12.0. The Balaban J connectivity index is 2.04. The zero-order valence-electron chi connectivity index (χ0n) is 11.2. The van der Waals surface area contributed by atoms with Crippen LogP contribution in [0.15, 0.2) is 5.51 Å². The van der Waals surface area contributed by atoms with E-state index in [0.29, 0.717) is 0 Å². The summed E-state index contributed by atoms with van der Waals surface area (Å²) < 4.78 is 5.64. The van der Waals surface area contributed by atoms with Gasteiger partial charge in [-0.2, -0.15) is 0 Å². The maximum Gasteiger partial charge on any atom is 0.0797 e. The number of aromatic nitrogens is 1. The lowest BCUT2D eigenvalue weighted by Crippen LogP contribution is -2.23. The van der Waals surface area contributed by atoms with Gasteiger partial charge >= 0.3 is 0 Å². The van der Waals surface area contributed by atoms with E-state index in [1.807, 2.05) is 5.51 Å². The molecular formula is C13H24N2OS. The molecule has 0 aliphatic carbocycles. The SMILES string of the molecule is Cc1ncsc1CCOCCCC(C)(C)CN. The third-order valence-electron chi connectivity index (χ3n) is 3.01. The Labute approximate surface area is 108 Å². The van der Waals surface area contributed by atoms with E-state index in [1.54, 1.807) is 11.3 Å². The zero-order chi connectivity index (χ0) is 12.7. The van der Waals surface area contributed by atoms with Gasteiger partial charge in [-0.25, -0.2) is 4.98 Å². The van der Waals surface area contributed by atoms with Gasteiger partial charge in [0.25, 0.3) is 0 Å². The Kier molecular flexibility index (Phi) is 6.09. The van der Waals surface area contributed by atoms with Gasteiger partial charge in [0, 0.05) is 17.9 Å². The van der Waals surface area contributed by atoms with Crippen molar-refractivity contribution in [2.75, 3.05) is 19.8 Å². The summed E-state index contributed by atoms with van der Waals surface area (Å²) in [7, 11) is 0. The number of hydrogen-bond acceptors (Lipinski definition) is 4. The van der Waals surface area contributed by atoms with E-state index in [4.69, 9.17) is 10.5 Å². The molecule has 2 N–H and O–H groups in total. The van der Waals surface area contributed by atoms with Gasteiger partial charge in [0.15, 0.2) is 0 Å². The molecule has 1 aromatic rings. The van der Waals surface area contributed by atoms with Crippen molar-refractivity contribution in [2.24, 2.45) is 11.1 Å². The summed E-state index contributed by atoms with van der Waals surface area (Å²) in [4.78, 5) is 5.56. The lowest BCUT2D eigenvalue weighted by Gasteiger charge is -2.21. The Bertz CT molecular complexity index is 323. The van der Waals surface area contributed by atoms with Gasteiger partial charge in [0.05, 0.1) is 17.8 Å². The zero-order valence-corrected chi connectivity index (χ0v) is 12.0. The van der Waals surface area contributed by atoms with E-state index in [9.17, 15) is 0 Å². The van der Waals surface area contributed by atoms with Gasteiger partial charge < -0.3 is 10.5 Å². The van der Waals surface area contributed by atoms with Gasteiger partial charge in [-0.3, -0.25) is 0 Å². The number of ether oxygens (including phenoxy) is 1. The minimum absolute atomic E-state index is 0.248. The summed E-state index contributed by atoms with van der Waals surface area (Å²) in [6, 6.07) is 0. The molecule has 0 atom stereocenters. The summed E-state index contributed by atoms with van der Waals surface area (Å²) in [5.41, 5.74) is 8.97. The van der Waals surface area contributed by atoms with Crippen molar-refractivity contribution in [1.29, 1.82) is 0 Å². The second-order valence-corrected chi connectivity index (χ2v) is 6.13. The molecule has 1 aromatic heterocycles. The monoisotopic (exact) mass is 256 g/mol. The minimum Gasteiger partial charge on any atom is -0.381 e. The predicted molar refractivity (Wildman–Crippen MR) is 73.4 cm³/mol. The van der Waals surface area contributed by atoms with Crippen LogP contribution in [-0.2, 0) is 11.2 Å². The van der Waals surface area contributed by atoms with Crippen LogP contribution < -0.4 is 5.73 Å². The number of nitrogens with zero attached hydrogens (tertiary/aromatic N) is 1. The van der Waals surface area contributed by atoms with Crippen LogP contribution in [-0.4, -0.2) is 24.7 Å². The first kappa shape index (κ1) is 14.6. The van der Waals surface area contributed by atoms with Gasteiger partial charge in [-0.1, -0.05) is 13.8 Å². The molecule has 3 nitrogen and oxygen atoms in total. The van der Waals surface area contributed by atoms with Crippen molar-refractivity contribution >= 4 is 11.3 Å². The van der Waals surface area contributed by atoms with Crippen molar-refractivity contribution < 1.29 is 4.74 Å². The molecule has 0 fully saturated rings. The number of aryl methyl sites for hydroxylation is 1. The highest BCUT2D eigenvalue weighted by atomic mass is 32.1. The lowest BCUT2D eigenvalue weighted by molar-refractivity contribution is 0.124. The third-order valence-corrected chi connectivity index (χ3v) is 4.01. The molecule has 1 rings (SSSR count). The molecule has 0 radical (unpaired) electrons. The van der Waals surface area contributed by atoms with Crippen LogP contribution in [0.2, 0.25) is 0 Å². The molecule has 17 heavy (non-hydrogen) atoms. The van der Waals surface area contributed by atoms with Crippen LogP contribution in [0.5, 0.6) is 0 Å². The van der Waals surface area contributed by atoms with Gasteiger partial charge in [-0.15, -0.1) is 11.3 Å². The number of hydrogen-bond donors (Lipinski definition) is 1. The van der Waals surface area contributed by atoms with Gasteiger partial charge in [0.2, 0.25) is 0 Å². The van der Waals surface area contributed by atoms with Crippen molar-refractivity contribution in [3.05, 3.63) is 16.1 Å². The second kappa shape index (κ2) is 7.09. The molecule has 0 spiro atoms. The average Bonchev–Trinajstić information content (AvgIpc) is 2.69. The molecule has 0 aliphatic rings. The maximum atomic E-state index is 5.68. The molecule has 98 valence electrons. The fraction of sp³-hybridized carbons (Fsp3) is 0.769. The molecule has 0 aromatic carbocycles. The predicted octanol–water partition coefficient (Wildman–Crippen LogP) is 2.78. The van der Waals surface area contributed by atoms with Crippen molar-refractivity contribution in [3.63, 3.8) is 0 Å². The highest BCUT2D eigenvalue weighted by Gasteiger charge is 2.14. The largest absolute Gasteiger partial charge is 0.381 e. The molecule has 0 bridgehead atoms. The molecular weight excluding hydrogens is 232 g/mol. The standard InChI is InChI=1S/C13H24N2OS/c1-11-12(17-10-15-11)5-8-16-7-4-6-13(2,3)9-14/h10H,4-9,14H2,1-3H3. The Morgan fingerprint density at radius 2 is 2.18 bits per heavy atom. The Morgan fingerprint density at radius 1 is 1.41 bits per heavy atom. The average molecular weight is 256 g/mol. The fourth-order valence-corrected chi connectivity index (χ4v) is 2.35. The third kappa shape index (κ3) is 5.61. The topological polar surface area (TPSA) is 48.1 Å². The Morgan fingerprint density at radius 3 is 2.76 bits per heavy atom. The molecule has 1 heterocycles. The number of nitrogens with two attached hydrogens (primary N) is 1. The van der Waals surface area contributed by atoms with E-state index >= 15 is 0 Å². The fourth-order valence-electron chi connectivity index (χ4n) is 1.59. The highest BCUT2D eigenvalue weighted by molar-refractivity contribution is 7.09. The lowest BCUT2D eigenvalue weighted by atomic mass is 9.88. The Hall–Kier alpha value is -0.450. The first-order valence-electron chi connectivity index (χ1n) is 6.22. The first-order valence-corrected chi connectivity index (χ1v) is 7.10. The second-order valence-electron chi connectivity index (χ2n) is 5.20. The van der Waals surface area contributed by atoms with E-state index in [1.165, 1.54) is 4.88 Å². The summed E-state index contributed by atoms with van der Waals surface area (Å²) in [5, 5.41) is 0. The van der Waals surface area contributed by atoms with Crippen molar-refractivity contribution in [3.8, 4) is 0 Å². The van der Waals surface area contributed by atoms with E-state index < -0.39 is 0 Å². The summed E-state index contributed by atoms with van der Waals surface area (Å²) in [5.74, 6) is 0. The number of thiazole rings is 1. The van der Waals surface area contributed by atoms with Crippen LogP contribution >= 0.6 is 11.3 Å². The molecule has 0 saturated carbocycles. The van der Waals surface area contributed by atoms with Crippen molar-refractivity contribution in [2.45, 2.75) is 40.0 Å². The minimum atomic E-state index is 0.248. The number of rotatable bonds is 8. The summed E-state index contributed by atoms with van der Waals surface area (Å²) >= 11 is 1.71. The smallest absolute Gasteiger partial charge is 0.0797 e. The maximum absolute atomic E-state index is 5.68. The van der Waals surface area contributed by atoms with Crippen molar-refractivity contribution in [1.82, 2.24) is 4.98 Å². The summed E-state index contributed by atoms with van der Waals surface area (Å²) in [6.45, 7) is 8.83. The van der Waals surface area contributed by atoms with E-state index in [0.717, 1.165) is 44.7 Å². The molecule has 0 unspecified atom stereocenters. The van der Waals surface area contributed by atoms with Gasteiger partial charge in [-0.05, 0) is 31.7 Å². The molecule has 0 saturated heterocycles. The van der Waals surface area contributed by atoms with Crippen LogP contribution in [0.25, 0.3) is 0 Å².